The molecule has 0 atom stereocenters. The van der Waals surface area contributed by atoms with Crippen LogP contribution in [0.4, 0.5) is 13.2 Å². The molecule has 5 aromatic carbocycles. The summed E-state index contributed by atoms with van der Waals surface area (Å²) in [4.78, 5) is 0. The zero-order chi connectivity index (χ0) is 27.6. The Labute approximate surface area is 231 Å². The Balaban J connectivity index is 1.57. The molecule has 1 aliphatic carbocycles. The van der Waals surface area contributed by atoms with Crippen molar-refractivity contribution >= 4 is 16.8 Å². The Morgan fingerprint density at radius 1 is 0.675 bits per heavy atom. The predicted molar refractivity (Wildman–Crippen MR) is 154 cm³/mol. The normalized spacial score (nSPS) is 15.8. The summed E-state index contributed by atoms with van der Waals surface area (Å²) < 4.78 is 49.8. The Morgan fingerprint density at radius 3 is 1.85 bits per heavy atom. The number of ether oxygens (including phenoxy) is 1. The van der Waals surface area contributed by atoms with Gasteiger partial charge in [-0.25, -0.2) is 13.2 Å². The zero-order valence-electron chi connectivity index (χ0n) is 22.3. The highest BCUT2D eigenvalue weighted by Gasteiger charge is 2.47. The van der Waals surface area contributed by atoms with Crippen LogP contribution in [0.5, 0.6) is 5.75 Å². The molecule has 0 aromatic heterocycles. The van der Waals surface area contributed by atoms with Crippen LogP contribution in [0, 0.1) is 17.5 Å². The lowest BCUT2D eigenvalue weighted by molar-refractivity contribution is 0.163. The third kappa shape index (κ3) is 3.28. The summed E-state index contributed by atoms with van der Waals surface area (Å²) in [7, 11) is 0. The molecule has 0 saturated heterocycles. The van der Waals surface area contributed by atoms with Crippen molar-refractivity contribution in [2.24, 2.45) is 0 Å². The maximum atomic E-state index is 14.7. The number of hydrogen-bond donors (Lipinski definition) is 0. The van der Waals surface area contributed by atoms with E-state index in [0.29, 0.717) is 5.75 Å². The second kappa shape index (κ2) is 8.85. The fourth-order valence-electron chi connectivity index (χ4n) is 6.99. The monoisotopic (exact) mass is 532 g/mol. The molecule has 0 amide bonds. The highest BCUT2D eigenvalue weighted by atomic mass is 19.1. The Hall–Kier alpha value is -4.31. The van der Waals surface area contributed by atoms with E-state index in [1.807, 2.05) is 24.3 Å². The van der Waals surface area contributed by atoms with Crippen LogP contribution in [0.1, 0.15) is 54.5 Å². The van der Waals surface area contributed by atoms with Gasteiger partial charge in [-0.3, -0.25) is 0 Å². The van der Waals surface area contributed by atoms with Gasteiger partial charge in [0.1, 0.15) is 23.2 Å². The van der Waals surface area contributed by atoms with Crippen molar-refractivity contribution in [2.45, 2.75) is 37.7 Å². The van der Waals surface area contributed by atoms with E-state index in [9.17, 15) is 13.2 Å². The minimum atomic E-state index is -1.11. The Bertz CT molecular complexity index is 1770. The first-order valence-corrected chi connectivity index (χ1v) is 13.7. The zero-order valence-corrected chi connectivity index (χ0v) is 22.3. The second-order valence-corrected chi connectivity index (χ2v) is 10.7. The molecule has 4 heteroatoms. The van der Waals surface area contributed by atoms with Gasteiger partial charge in [0.25, 0.3) is 0 Å². The van der Waals surface area contributed by atoms with E-state index in [4.69, 9.17) is 4.74 Å². The molecule has 1 heterocycles. The van der Waals surface area contributed by atoms with Gasteiger partial charge in [0, 0.05) is 27.5 Å². The van der Waals surface area contributed by atoms with Crippen molar-refractivity contribution in [3.05, 3.63) is 142 Å². The lowest BCUT2D eigenvalue weighted by atomic mass is 9.71. The lowest BCUT2D eigenvalue weighted by Crippen LogP contribution is -2.35. The molecule has 2 aliphatic rings. The Morgan fingerprint density at radius 2 is 1.25 bits per heavy atom. The number of halogens is 3. The van der Waals surface area contributed by atoms with Gasteiger partial charge >= 0.3 is 0 Å². The maximum Gasteiger partial charge on any atom is 0.178 e. The fraction of sp³-hybridized carbons (Fsp3) is 0.167. The molecule has 1 nitrogen and oxygen atoms in total. The quantitative estimate of drug-likeness (QED) is 0.224. The van der Waals surface area contributed by atoms with E-state index in [-0.39, 0.29) is 22.9 Å². The van der Waals surface area contributed by atoms with Crippen LogP contribution >= 0.6 is 0 Å². The van der Waals surface area contributed by atoms with Gasteiger partial charge in [0.15, 0.2) is 5.60 Å². The van der Waals surface area contributed by atoms with E-state index in [2.05, 4.69) is 32.1 Å². The summed E-state index contributed by atoms with van der Waals surface area (Å²) in [6, 6.07) is 25.8. The number of hydrogen-bond acceptors (Lipinski definition) is 1. The van der Waals surface area contributed by atoms with Crippen LogP contribution in [-0.2, 0) is 11.0 Å². The lowest BCUT2D eigenvalue weighted by Gasteiger charge is -2.39. The van der Waals surface area contributed by atoms with Crippen molar-refractivity contribution < 1.29 is 17.9 Å². The molecular weight excluding hydrogens is 505 g/mol. The summed E-state index contributed by atoms with van der Waals surface area (Å²) in [5.74, 6) is -0.219. The molecule has 0 saturated carbocycles. The first kappa shape index (κ1) is 24.7. The van der Waals surface area contributed by atoms with Crippen molar-refractivity contribution in [1.82, 2.24) is 0 Å². The number of fused-ring (bicyclic) bond motifs is 8. The largest absolute Gasteiger partial charge is 0.472 e. The van der Waals surface area contributed by atoms with Crippen LogP contribution in [-0.4, -0.2) is 0 Å². The smallest absolute Gasteiger partial charge is 0.178 e. The SMILES string of the molecule is CCC1(CC)c2cc(F)ccc2-c2c1c1c(c3ccccc23)OC(c2ccc(F)cc2)(c2ccc(F)cc2)C=C1. The molecule has 40 heavy (non-hydrogen) atoms. The van der Waals surface area contributed by atoms with Crippen LogP contribution in [0.3, 0.4) is 0 Å². The van der Waals surface area contributed by atoms with E-state index in [0.717, 1.165) is 62.6 Å². The highest BCUT2D eigenvalue weighted by Crippen LogP contribution is 2.60. The molecule has 0 radical (unpaired) electrons. The van der Waals surface area contributed by atoms with Gasteiger partial charge in [-0.1, -0.05) is 74.5 Å². The second-order valence-electron chi connectivity index (χ2n) is 10.7. The third-order valence-corrected chi connectivity index (χ3v) is 8.95. The molecule has 1 aliphatic heterocycles. The van der Waals surface area contributed by atoms with E-state index in [1.54, 1.807) is 36.4 Å². The third-order valence-electron chi connectivity index (χ3n) is 8.95. The van der Waals surface area contributed by atoms with Gasteiger partial charge < -0.3 is 4.74 Å². The van der Waals surface area contributed by atoms with Gasteiger partial charge in [-0.15, -0.1) is 0 Å². The van der Waals surface area contributed by atoms with Crippen LogP contribution in [0.2, 0.25) is 0 Å². The predicted octanol–water partition coefficient (Wildman–Crippen LogP) is 9.69. The van der Waals surface area contributed by atoms with Crippen molar-refractivity contribution in [3.8, 4) is 16.9 Å². The molecule has 198 valence electrons. The first-order valence-electron chi connectivity index (χ1n) is 13.7. The fourth-order valence-corrected chi connectivity index (χ4v) is 6.99. The summed E-state index contributed by atoms with van der Waals surface area (Å²) in [6.07, 6.45) is 5.68. The van der Waals surface area contributed by atoms with Gasteiger partial charge in [0.05, 0.1) is 0 Å². The summed E-state index contributed by atoms with van der Waals surface area (Å²) >= 11 is 0. The topological polar surface area (TPSA) is 9.23 Å². The van der Waals surface area contributed by atoms with Gasteiger partial charge in [-0.05, 0) is 83.0 Å². The molecule has 0 spiro atoms. The van der Waals surface area contributed by atoms with E-state index < -0.39 is 5.60 Å². The summed E-state index contributed by atoms with van der Waals surface area (Å²) in [5.41, 5.74) is 5.27. The average Bonchev–Trinajstić information content (AvgIpc) is 3.27. The molecular formula is C36H27F3O. The van der Waals surface area contributed by atoms with Gasteiger partial charge in [-0.2, -0.15) is 0 Å². The number of benzene rings is 5. The van der Waals surface area contributed by atoms with Crippen LogP contribution in [0.25, 0.3) is 28.0 Å². The van der Waals surface area contributed by atoms with Crippen molar-refractivity contribution in [1.29, 1.82) is 0 Å². The molecule has 5 aromatic rings. The maximum absolute atomic E-state index is 14.7. The van der Waals surface area contributed by atoms with Crippen LogP contribution < -0.4 is 4.74 Å². The first-order chi connectivity index (χ1) is 19.4. The number of rotatable bonds is 4. The van der Waals surface area contributed by atoms with E-state index in [1.165, 1.54) is 24.3 Å². The molecule has 0 bridgehead atoms. The van der Waals surface area contributed by atoms with Crippen LogP contribution in [0.15, 0.2) is 97.1 Å². The summed E-state index contributed by atoms with van der Waals surface area (Å²) in [6.45, 7) is 4.31. The van der Waals surface area contributed by atoms with Crippen molar-refractivity contribution in [2.75, 3.05) is 0 Å². The van der Waals surface area contributed by atoms with E-state index >= 15 is 0 Å². The molecule has 0 fully saturated rings. The minimum Gasteiger partial charge on any atom is -0.472 e. The minimum absolute atomic E-state index is 0.241. The average molecular weight is 533 g/mol. The molecule has 0 unspecified atom stereocenters. The summed E-state index contributed by atoms with van der Waals surface area (Å²) in [5, 5.41) is 1.97. The Kier molecular flexibility index (Phi) is 5.47. The highest BCUT2D eigenvalue weighted by molar-refractivity contribution is 6.08. The molecule has 0 N–H and O–H groups in total. The van der Waals surface area contributed by atoms with Gasteiger partial charge in [0.2, 0.25) is 0 Å². The standard InChI is InChI=1S/C36H27F3O/c1-3-35(4-2)31-21-26(39)17-18-29(31)32-27-7-5-6-8-28(27)34-30(33(32)35)19-20-36(40-34,22-9-13-24(37)14-10-22)23-11-15-25(38)16-12-23/h5-21H,3-4H2,1-2H3. The molecule has 7 rings (SSSR count). The van der Waals surface area contributed by atoms with Crippen molar-refractivity contribution in [3.63, 3.8) is 0 Å².